The fraction of sp³-hybridized carbons (Fsp3) is 0.0833. The van der Waals surface area contributed by atoms with Crippen molar-refractivity contribution >= 4 is 12.3 Å². The normalized spacial score (nSPS) is 10.2. The highest BCUT2D eigenvalue weighted by Gasteiger charge is 2.15. The SMILES string of the molecule is Cc1cccc(-n2cc(C=O)c(C(=O)O)n2)c1. The summed E-state index contributed by atoms with van der Waals surface area (Å²) < 4.78 is 1.39. The van der Waals surface area contributed by atoms with E-state index in [0.717, 1.165) is 11.3 Å². The van der Waals surface area contributed by atoms with Gasteiger partial charge in [0.2, 0.25) is 0 Å². The van der Waals surface area contributed by atoms with Gasteiger partial charge in [0, 0.05) is 6.20 Å². The number of aryl methyl sites for hydroxylation is 1. The minimum atomic E-state index is -1.21. The van der Waals surface area contributed by atoms with Crippen LogP contribution in [-0.2, 0) is 0 Å². The van der Waals surface area contributed by atoms with Crippen molar-refractivity contribution in [1.29, 1.82) is 0 Å². The number of hydrogen-bond donors (Lipinski definition) is 1. The fourth-order valence-corrected chi connectivity index (χ4v) is 1.54. The second-order valence-electron chi connectivity index (χ2n) is 3.64. The van der Waals surface area contributed by atoms with Crippen molar-refractivity contribution in [2.24, 2.45) is 0 Å². The molecule has 0 radical (unpaired) electrons. The van der Waals surface area contributed by atoms with Gasteiger partial charge in [-0.2, -0.15) is 5.10 Å². The molecule has 0 saturated heterocycles. The molecular formula is C12H10N2O3. The maximum absolute atomic E-state index is 10.9. The molecule has 2 rings (SSSR count). The minimum Gasteiger partial charge on any atom is -0.476 e. The van der Waals surface area contributed by atoms with E-state index in [-0.39, 0.29) is 11.3 Å². The molecule has 2 aromatic rings. The molecule has 86 valence electrons. The average Bonchev–Trinajstić information content (AvgIpc) is 2.73. The van der Waals surface area contributed by atoms with Crippen molar-refractivity contribution in [3.63, 3.8) is 0 Å². The van der Waals surface area contributed by atoms with Crippen LogP contribution in [0, 0.1) is 6.92 Å². The number of benzene rings is 1. The lowest BCUT2D eigenvalue weighted by Crippen LogP contribution is -2.02. The summed E-state index contributed by atoms with van der Waals surface area (Å²) in [6, 6.07) is 7.41. The first-order valence-corrected chi connectivity index (χ1v) is 4.97. The van der Waals surface area contributed by atoms with Crippen LogP contribution in [0.5, 0.6) is 0 Å². The molecule has 1 aromatic heterocycles. The smallest absolute Gasteiger partial charge is 0.357 e. The van der Waals surface area contributed by atoms with Crippen LogP contribution >= 0.6 is 0 Å². The van der Waals surface area contributed by atoms with E-state index >= 15 is 0 Å². The summed E-state index contributed by atoms with van der Waals surface area (Å²) in [7, 11) is 0. The maximum atomic E-state index is 10.9. The Bertz CT molecular complexity index is 587. The molecule has 0 aliphatic rings. The van der Waals surface area contributed by atoms with Gasteiger partial charge in [-0.3, -0.25) is 4.79 Å². The summed E-state index contributed by atoms with van der Waals surface area (Å²) in [5, 5.41) is 12.8. The third-order valence-electron chi connectivity index (χ3n) is 2.34. The minimum absolute atomic E-state index is 0.0685. The molecule has 0 aliphatic carbocycles. The van der Waals surface area contributed by atoms with Crippen LogP contribution in [0.2, 0.25) is 0 Å². The van der Waals surface area contributed by atoms with Gasteiger partial charge in [0.25, 0.3) is 0 Å². The lowest BCUT2D eigenvalue weighted by atomic mass is 10.2. The van der Waals surface area contributed by atoms with Gasteiger partial charge in [0.1, 0.15) is 0 Å². The van der Waals surface area contributed by atoms with Gasteiger partial charge in [-0.1, -0.05) is 12.1 Å². The van der Waals surface area contributed by atoms with E-state index in [9.17, 15) is 9.59 Å². The van der Waals surface area contributed by atoms with Gasteiger partial charge in [0.05, 0.1) is 11.3 Å². The molecule has 0 saturated carbocycles. The molecule has 0 amide bonds. The lowest BCUT2D eigenvalue weighted by Gasteiger charge is -2.01. The molecule has 0 aliphatic heterocycles. The first-order valence-electron chi connectivity index (χ1n) is 4.97. The Labute approximate surface area is 97.3 Å². The van der Waals surface area contributed by atoms with Gasteiger partial charge in [0.15, 0.2) is 12.0 Å². The monoisotopic (exact) mass is 230 g/mol. The van der Waals surface area contributed by atoms with Crippen molar-refractivity contribution in [1.82, 2.24) is 9.78 Å². The van der Waals surface area contributed by atoms with Crippen LogP contribution in [0.15, 0.2) is 30.5 Å². The number of carboxylic acids is 1. The number of aromatic carboxylic acids is 1. The number of rotatable bonds is 3. The molecular weight excluding hydrogens is 220 g/mol. The quantitative estimate of drug-likeness (QED) is 0.814. The number of carboxylic acid groups (broad SMARTS) is 1. The van der Waals surface area contributed by atoms with Crippen molar-refractivity contribution < 1.29 is 14.7 Å². The summed E-state index contributed by atoms with van der Waals surface area (Å²) in [4.78, 5) is 21.6. The topological polar surface area (TPSA) is 72.2 Å². The molecule has 1 aromatic carbocycles. The number of carbonyl (C=O) groups excluding carboxylic acids is 1. The van der Waals surface area contributed by atoms with E-state index in [2.05, 4.69) is 5.10 Å². The number of carbonyl (C=O) groups is 2. The molecule has 0 atom stereocenters. The van der Waals surface area contributed by atoms with Gasteiger partial charge >= 0.3 is 5.97 Å². The number of nitrogens with zero attached hydrogens (tertiary/aromatic N) is 2. The van der Waals surface area contributed by atoms with E-state index in [1.54, 1.807) is 6.07 Å². The van der Waals surface area contributed by atoms with Crippen molar-refractivity contribution in [3.8, 4) is 5.69 Å². The molecule has 1 N–H and O–H groups in total. The molecule has 5 heteroatoms. The second-order valence-corrected chi connectivity index (χ2v) is 3.64. The zero-order valence-corrected chi connectivity index (χ0v) is 9.12. The van der Waals surface area contributed by atoms with Crippen LogP contribution in [0.4, 0.5) is 0 Å². The van der Waals surface area contributed by atoms with Crippen molar-refractivity contribution in [2.45, 2.75) is 6.92 Å². The second kappa shape index (κ2) is 4.21. The van der Waals surface area contributed by atoms with Gasteiger partial charge in [-0.25, -0.2) is 9.48 Å². The summed E-state index contributed by atoms with van der Waals surface area (Å²) in [6.45, 7) is 1.92. The molecule has 0 spiro atoms. The first kappa shape index (κ1) is 11.1. The van der Waals surface area contributed by atoms with Crippen LogP contribution < -0.4 is 0 Å². The Morgan fingerprint density at radius 1 is 1.47 bits per heavy atom. The third kappa shape index (κ3) is 2.08. The molecule has 1 heterocycles. The number of aromatic nitrogens is 2. The Morgan fingerprint density at radius 3 is 2.76 bits per heavy atom. The molecule has 0 bridgehead atoms. The van der Waals surface area contributed by atoms with E-state index in [4.69, 9.17) is 5.11 Å². The average molecular weight is 230 g/mol. The highest BCUT2D eigenvalue weighted by atomic mass is 16.4. The third-order valence-corrected chi connectivity index (χ3v) is 2.34. The highest BCUT2D eigenvalue weighted by Crippen LogP contribution is 2.12. The fourth-order valence-electron chi connectivity index (χ4n) is 1.54. The zero-order chi connectivity index (χ0) is 12.4. The largest absolute Gasteiger partial charge is 0.476 e. The molecule has 0 unspecified atom stereocenters. The predicted molar refractivity (Wildman–Crippen MR) is 60.6 cm³/mol. The lowest BCUT2D eigenvalue weighted by molar-refractivity contribution is 0.0687. The Kier molecular flexibility index (Phi) is 2.74. The molecule has 5 nitrogen and oxygen atoms in total. The molecule has 17 heavy (non-hydrogen) atoms. The maximum Gasteiger partial charge on any atom is 0.357 e. The number of aldehydes is 1. The first-order chi connectivity index (χ1) is 8.11. The van der Waals surface area contributed by atoms with Crippen LogP contribution in [0.3, 0.4) is 0 Å². The van der Waals surface area contributed by atoms with Crippen molar-refractivity contribution in [2.75, 3.05) is 0 Å². The highest BCUT2D eigenvalue weighted by molar-refractivity contribution is 5.95. The van der Waals surface area contributed by atoms with E-state index in [1.165, 1.54) is 10.9 Å². The van der Waals surface area contributed by atoms with E-state index < -0.39 is 5.97 Å². The van der Waals surface area contributed by atoms with Crippen molar-refractivity contribution in [3.05, 3.63) is 47.3 Å². The Hall–Kier alpha value is -2.43. The van der Waals surface area contributed by atoms with Gasteiger partial charge in [-0.15, -0.1) is 0 Å². The summed E-state index contributed by atoms with van der Waals surface area (Å²) in [5.74, 6) is -1.21. The zero-order valence-electron chi connectivity index (χ0n) is 9.12. The Morgan fingerprint density at radius 2 is 2.24 bits per heavy atom. The number of hydrogen-bond acceptors (Lipinski definition) is 3. The van der Waals surface area contributed by atoms with Gasteiger partial charge < -0.3 is 5.11 Å². The van der Waals surface area contributed by atoms with E-state index in [1.807, 2.05) is 25.1 Å². The summed E-state index contributed by atoms with van der Waals surface area (Å²) in [6.07, 6.45) is 1.90. The summed E-state index contributed by atoms with van der Waals surface area (Å²) in [5.41, 5.74) is 1.59. The van der Waals surface area contributed by atoms with Crippen LogP contribution in [0.25, 0.3) is 5.69 Å². The van der Waals surface area contributed by atoms with Gasteiger partial charge in [-0.05, 0) is 24.6 Å². The predicted octanol–water partition coefficient (Wildman–Crippen LogP) is 1.69. The van der Waals surface area contributed by atoms with E-state index in [0.29, 0.717) is 6.29 Å². The summed E-state index contributed by atoms with van der Waals surface area (Å²) >= 11 is 0. The molecule has 0 fully saturated rings. The Balaban J connectivity index is 2.54. The standard InChI is InChI=1S/C12H10N2O3/c1-8-3-2-4-10(5-8)14-6-9(7-15)11(13-14)12(16)17/h2-7H,1H3,(H,16,17). The van der Waals surface area contributed by atoms with Crippen LogP contribution in [0.1, 0.15) is 26.4 Å². The van der Waals surface area contributed by atoms with Crippen LogP contribution in [-0.4, -0.2) is 27.1 Å².